The van der Waals surface area contributed by atoms with E-state index in [0.717, 1.165) is 33.6 Å². The minimum absolute atomic E-state index is 0.573. The summed E-state index contributed by atoms with van der Waals surface area (Å²) >= 11 is 7.48. The predicted octanol–water partition coefficient (Wildman–Crippen LogP) is 5.09. The summed E-state index contributed by atoms with van der Waals surface area (Å²) in [7, 11) is 3.60. The standard InChI is InChI=1S/C20H17ClN4O2S/c1-25-18(13-5-9-17(26-2)10-6-13)23-24-20(25)28-12-16-11-27-19(22-16)14-3-7-15(21)8-4-14/h3-11H,12H2,1-2H3. The topological polar surface area (TPSA) is 66.0 Å². The highest BCUT2D eigenvalue weighted by atomic mass is 35.5. The van der Waals surface area contributed by atoms with E-state index in [4.69, 9.17) is 20.8 Å². The Morgan fingerprint density at radius 2 is 1.75 bits per heavy atom. The Hall–Kier alpha value is -2.77. The van der Waals surface area contributed by atoms with Gasteiger partial charge in [0.2, 0.25) is 5.89 Å². The number of ether oxygens (including phenoxy) is 1. The summed E-state index contributed by atoms with van der Waals surface area (Å²) in [6.07, 6.45) is 1.66. The van der Waals surface area contributed by atoms with Crippen molar-refractivity contribution in [2.24, 2.45) is 7.05 Å². The molecule has 142 valence electrons. The van der Waals surface area contributed by atoms with Crippen molar-refractivity contribution in [3.63, 3.8) is 0 Å². The molecule has 4 aromatic rings. The average Bonchev–Trinajstić information content (AvgIpc) is 3.34. The molecule has 0 amide bonds. The second kappa shape index (κ2) is 8.08. The van der Waals surface area contributed by atoms with Crippen molar-refractivity contribution >= 4 is 23.4 Å². The average molecular weight is 413 g/mol. The molecule has 0 radical (unpaired) electrons. The fourth-order valence-corrected chi connectivity index (χ4v) is 3.58. The molecule has 2 aromatic heterocycles. The lowest BCUT2D eigenvalue weighted by atomic mass is 10.2. The highest BCUT2D eigenvalue weighted by Crippen LogP contribution is 2.27. The van der Waals surface area contributed by atoms with Crippen LogP contribution in [0.3, 0.4) is 0 Å². The first kappa shape index (κ1) is 18.6. The molecule has 0 saturated carbocycles. The molecule has 0 unspecified atom stereocenters. The molecule has 0 bridgehead atoms. The fraction of sp³-hybridized carbons (Fsp3) is 0.150. The van der Waals surface area contributed by atoms with Crippen molar-refractivity contribution in [2.75, 3.05) is 7.11 Å². The molecule has 0 aliphatic heterocycles. The van der Waals surface area contributed by atoms with Gasteiger partial charge in [0.15, 0.2) is 11.0 Å². The molecule has 4 rings (SSSR count). The van der Waals surface area contributed by atoms with Crippen molar-refractivity contribution in [3.8, 4) is 28.6 Å². The van der Waals surface area contributed by atoms with E-state index in [1.54, 1.807) is 25.1 Å². The second-order valence-corrected chi connectivity index (χ2v) is 7.41. The Balaban J connectivity index is 1.45. The largest absolute Gasteiger partial charge is 0.497 e. The van der Waals surface area contributed by atoms with Gasteiger partial charge in [-0.1, -0.05) is 23.4 Å². The summed E-state index contributed by atoms with van der Waals surface area (Å²) in [5, 5.41) is 10.1. The van der Waals surface area contributed by atoms with Gasteiger partial charge in [0.1, 0.15) is 12.0 Å². The van der Waals surface area contributed by atoms with Crippen LogP contribution in [0.2, 0.25) is 5.02 Å². The van der Waals surface area contributed by atoms with Gasteiger partial charge in [-0.25, -0.2) is 4.98 Å². The predicted molar refractivity (Wildman–Crippen MR) is 110 cm³/mol. The molecular formula is C20H17ClN4O2S. The zero-order chi connectivity index (χ0) is 19.5. The normalized spacial score (nSPS) is 11.0. The van der Waals surface area contributed by atoms with E-state index < -0.39 is 0 Å². The summed E-state index contributed by atoms with van der Waals surface area (Å²) in [5.74, 6) is 2.81. The maximum absolute atomic E-state index is 5.92. The third-order valence-corrected chi connectivity index (χ3v) is 5.48. The van der Waals surface area contributed by atoms with Crippen molar-refractivity contribution in [2.45, 2.75) is 10.9 Å². The van der Waals surface area contributed by atoms with E-state index in [9.17, 15) is 0 Å². The van der Waals surface area contributed by atoms with Crippen LogP contribution in [0.1, 0.15) is 5.69 Å². The third-order valence-electron chi connectivity index (χ3n) is 4.18. The van der Waals surface area contributed by atoms with E-state index in [1.807, 2.05) is 60.1 Å². The van der Waals surface area contributed by atoms with Crippen LogP contribution in [0, 0.1) is 0 Å². The zero-order valence-corrected chi connectivity index (χ0v) is 16.9. The molecule has 0 aliphatic rings. The number of nitrogens with zero attached hydrogens (tertiary/aromatic N) is 4. The molecule has 2 aromatic carbocycles. The van der Waals surface area contributed by atoms with Gasteiger partial charge in [-0.3, -0.25) is 0 Å². The van der Waals surface area contributed by atoms with Crippen LogP contribution >= 0.6 is 23.4 Å². The van der Waals surface area contributed by atoms with Gasteiger partial charge in [-0.05, 0) is 48.5 Å². The minimum Gasteiger partial charge on any atom is -0.497 e. The number of benzene rings is 2. The van der Waals surface area contributed by atoms with E-state index >= 15 is 0 Å². The van der Waals surface area contributed by atoms with Crippen LogP contribution in [-0.2, 0) is 12.8 Å². The lowest BCUT2D eigenvalue weighted by Gasteiger charge is -2.04. The summed E-state index contributed by atoms with van der Waals surface area (Å²) < 4.78 is 12.7. The zero-order valence-electron chi connectivity index (χ0n) is 15.3. The Bertz CT molecular complexity index is 1070. The molecule has 0 fully saturated rings. The van der Waals surface area contributed by atoms with Crippen LogP contribution in [-0.4, -0.2) is 26.9 Å². The summed E-state index contributed by atoms with van der Waals surface area (Å²) in [5.41, 5.74) is 2.71. The number of oxazole rings is 1. The second-order valence-electron chi connectivity index (χ2n) is 6.03. The van der Waals surface area contributed by atoms with Gasteiger partial charge in [0, 0.05) is 29.0 Å². The van der Waals surface area contributed by atoms with Gasteiger partial charge in [-0.2, -0.15) is 0 Å². The lowest BCUT2D eigenvalue weighted by molar-refractivity contribution is 0.415. The number of rotatable bonds is 6. The van der Waals surface area contributed by atoms with E-state index in [2.05, 4.69) is 15.2 Å². The molecule has 6 nitrogen and oxygen atoms in total. The van der Waals surface area contributed by atoms with Gasteiger partial charge in [0.25, 0.3) is 0 Å². The molecule has 0 saturated heterocycles. The molecule has 0 aliphatic carbocycles. The molecule has 8 heteroatoms. The van der Waals surface area contributed by atoms with Crippen molar-refractivity contribution in [3.05, 3.63) is 65.5 Å². The summed E-state index contributed by atoms with van der Waals surface area (Å²) in [6.45, 7) is 0. The Labute approximate surface area is 171 Å². The number of hydrogen-bond donors (Lipinski definition) is 0. The van der Waals surface area contributed by atoms with E-state index in [0.29, 0.717) is 16.7 Å². The number of aromatic nitrogens is 4. The highest BCUT2D eigenvalue weighted by Gasteiger charge is 2.13. The minimum atomic E-state index is 0.573. The molecule has 0 N–H and O–H groups in total. The summed E-state index contributed by atoms with van der Waals surface area (Å²) in [6, 6.07) is 15.1. The van der Waals surface area contributed by atoms with Crippen LogP contribution in [0.15, 0.2) is 64.4 Å². The van der Waals surface area contributed by atoms with Crippen LogP contribution in [0.25, 0.3) is 22.8 Å². The van der Waals surface area contributed by atoms with Gasteiger partial charge >= 0.3 is 0 Å². The van der Waals surface area contributed by atoms with Crippen molar-refractivity contribution in [1.82, 2.24) is 19.7 Å². The fourth-order valence-electron chi connectivity index (χ4n) is 2.67. The Morgan fingerprint density at radius 1 is 1.04 bits per heavy atom. The molecule has 2 heterocycles. The van der Waals surface area contributed by atoms with E-state index in [1.165, 1.54) is 0 Å². The molecule has 0 spiro atoms. The maximum Gasteiger partial charge on any atom is 0.226 e. The number of methoxy groups -OCH3 is 1. The van der Waals surface area contributed by atoms with Gasteiger partial charge in [0.05, 0.1) is 12.8 Å². The monoisotopic (exact) mass is 412 g/mol. The number of hydrogen-bond acceptors (Lipinski definition) is 6. The first-order valence-corrected chi connectivity index (χ1v) is 9.87. The SMILES string of the molecule is COc1ccc(-c2nnc(SCc3coc(-c4ccc(Cl)cc4)n3)n2C)cc1. The van der Waals surface area contributed by atoms with Crippen LogP contribution in [0.5, 0.6) is 5.75 Å². The van der Waals surface area contributed by atoms with Gasteiger partial charge < -0.3 is 13.7 Å². The maximum atomic E-state index is 5.92. The number of thioether (sulfide) groups is 1. The smallest absolute Gasteiger partial charge is 0.226 e. The first-order chi connectivity index (χ1) is 13.6. The van der Waals surface area contributed by atoms with Crippen molar-refractivity contribution in [1.29, 1.82) is 0 Å². The Morgan fingerprint density at radius 3 is 2.46 bits per heavy atom. The summed E-state index contributed by atoms with van der Waals surface area (Å²) in [4.78, 5) is 4.54. The number of halogens is 1. The molecular weight excluding hydrogens is 396 g/mol. The van der Waals surface area contributed by atoms with Crippen molar-refractivity contribution < 1.29 is 9.15 Å². The molecule has 28 heavy (non-hydrogen) atoms. The van der Waals surface area contributed by atoms with Crippen LogP contribution in [0.4, 0.5) is 0 Å². The quantitative estimate of drug-likeness (QED) is 0.411. The lowest BCUT2D eigenvalue weighted by Crippen LogP contribution is -1.95. The highest BCUT2D eigenvalue weighted by molar-refractivity contribution is 7.98. The van der Waals surface area contributed by atoms with E-state index in [-0.39, 0.29) is 0 Å². The third kappa shape index (κ3) is 3.90. The van der Waals surface area contributed by atoms with Crippen LogP contribution < -0.4 is 4.74 Å². The first-order valence-electron chi connectivity index (χ1n) is 8.51. The Kier molecular flexibility index (Phi) is 5.36. The molecule has 0 atom stereocenters. The van der Waals surface area contributed by atoms with Gasteiger partial charge in [-0.15, -0.1) is 10.2 Å².